The first-order chi connectivity index (χ1) is 14.7. The molecule has 0 spiro atoms. The second-order valence-corrected chi connectivity index (χ2v) is 7.94. The molecule has 30 heavy (non-hydrogen) atoms. The minimum Gasteiger partial charge on any atom is -0.338 e. The Morgan fingerprint density at radius 2 is 1.60 bits per heavy atom. The standard InChI is InChI=1S/C27H24N2O/c1-19-24(17-26(30)29-16-15-20-9-5-6-12-22(20)18-29)27(21-10-3-2-4-11-21)23-13-7-8-14-25(23)28-19/h2-14H,15-18H2,1H3. The van der Waals surface area contributed by atoms with Crippen LogP contribution in [-0.2, 0) is 24.2 Å². The molecule has 0 N–H and O–H groups in total. The average Bonchev–Trinajstić information content (AvgIpc) is 2.79. The summed E-state index contributed by atoms with van der Waals surface area (Å²) in [5, 5.41) is 1.10. The van der Waals surface area contributed by atoms with Crippen molar-refractivity contribution in [2.75, 3.05) is 6.54 Å². The van der Waals surface area contributed by atoms with Crippen LogP contribution in [0.1, 0.15) is 22.4 Å². The SMILES string of the molecule is Cc1nc2ccccc2c(-c2ccccc2)c1CC(=O)N1CCc2ccccc2C1. The quantitative estimate of drug-likeness (QED) is 0.472. The molecule has 1 amide bonds. The molecule has 4 aromatic rings. The molecule has 5 rings (SSSR count). The number of hydrogen-bond donors (Lipinski definition) is 0. The lowest BCUT2D eigenvalue weighted by Crippen LogP contribution is -2.37. The van der Waals surface area contributed by atoms with E-state index in [9.17, 15) is 4.79 Å². The average molecular weight is 393 g/mol. The topological polar surface area (TPSA) is 33.2 Å². The third kappa shape index (κ3) is 3.37. The Morgan fingerprint density at radius 1 is 0.900 bits per heavy atom. The number of fused-ring (bicyclic) bond motifs is 2. The molecule has 3 nitrogen and oxygen atoms in total. The highest BCUT2D eigenvalue weighted by Gasteiger charge is 2.23. The van der Waals surface area contributed by atoms with Gasteiger partial charge in [-0.15, -0.1) is 0 Å². The van der Waals surface area contributed by atoms with Crippen molar-refractivity contribution in [3.8, 4) is 11.1 Å². The monoisotopic (exact) mass is 392 g/mol. The van der Waals surface area contributed by atoms with Crippen molar-refractivity contribution in [3.05, 3.63) is 101 Å². The number of carbonyl (C=O) groups excluding carboxylic acids is 1. The predicted octanol–water partition coefficient (Wildman–Crippen LogP) is 5.34. The van der Waals surface area contributed by atoms with E-state index in [1.165, 1.54) is 11.1 Å². The van der Waals surface area contributed by atoms with E-state index >= 15 is 0 Å². The first-order valence-corrected chi connectivity index (χ1v) is 10.5. The van der Waals surface area contributed by atoms with Crippen molar-refractivity contribution < 1.29 is 4.79 Å². The number of para-hydroxylation sites is 1. The summed E-state index contributed by atoms with van der Waals surface area (Å²) in [6.45, 7) is 3.49. The number of nitrogens with zero attached hydrogens (tertiary/aromatic N) is 2. The van der Waals surface area contributed by atoms with Crippen LogP contribution in [0.2, 0.25) is 0 Å². The highest BCUT2D eigenvalue weighted by molar-refractivity contribution is 5.98. The van der Waals surface area contributed by atoms with Gasteiger partial charge in [-0.25, -0.2) is 0 Å². The molecule has 0 atom stereocenters. The van der Waals surface area contributed by atoms with Crippen LogP contribution >= 0.6 is 0 Å². The van der Waals surface area contributed by atoms with Crippen molar-refractivity contribution in [1.29, 1.82) is 0 Å². The number of hydrogen-bond acceptors (Lipinski definition) is 2. The van der Waals surface area contributed by atoms with E-state index in [1.54, 1.807) is 0 Å². The lowest BCUT2D eigenvalue weighted by molar-refractivity contribution is -0.131. The highest BCUT2D eigenvalue weighted by Crippen LogP contribution is 2.33. The molecule has 0 aliphatic carbocycles. The zero-order valence-electron chi connectivity index (χ0n) is 17.1. The molecule has 3 heteroatoms. The summed E-state index contributed by atoms with van der Waals surface area (Å²) in [6, 6.07) is 27.0. The number of carbonyl (C=O) groups is 1. The number of rotatable bonds is 3. The maximum atomic E-state index is 13.3. The first-order valence-electron chi connectivity index (χ1n) is 10.5. The molecular weight excluding hydrogens is 368 g/mol. The van der Waals surface area contributed by atoms with Gasteiger partial charge in [0.1, 0.15) is 0 Å². The van der Waals surface area contributed by atoms with Gasteiger partial charge in [-0.1, -0.05) is 72.8 Å². The van der Waals surface area contributed by atoms with E-state index in [1.807, 2.05) is 48.2 Å². The fourth-order valence-electron chi connectivity index (χ4n) is 4.50. The minimum absolute atomic E-state index is 0.168. The molecule has 2 heterocycles. The van der Waals surface area contributed by atoms with Crippen LogP contribution < -0.4 is 0 Å². The van der Waals surface area contributed by atoms with Crippen LogP contribution in [0.5, 0.6) is 0 Å². The van der Waals surface area contributed by atoms with E-state index in [0.29, 0.717) is 13.0 Å². The third-order valence-electron chi connectivity index (χ3n) is 6.07. The van der Waals surface area contributed by atoms with Gasteiger partial charge < -0.3 is 4.90 Å². The summed E-state index contributed by atoms with van der Waals surface area (Å²) in [4.78, 5) is 20.2. The molecule has 1 aliphatic rings. The molecule has 0 saturated heterocycles. The van der Waals surface area contributed by atoms with Crippen molar-refractivity contribution in [2.45, 2.75) is 26.3 Å². The largest absolute Gasteiger partial charge is 0.338 e. The Labute approximate surface area is 177 Å². The van der Waals surface area contributed by atoms with E-state index < -0.39 is 0 Å². The summed E-state index contributed by atoms with van der Waals surface area (Å²) >= 11 is 0. The number of aromatic nitrogens is 1. The number of pyridine rings is 1. The smallest absolute Gasteiger partial charge is 0.227 e. The van der Waals surface area contributed by atoms with Crippen molar-refractivity contribution in [1.82, 2.24) is 9.88 Å². The summed E-state index contributed by atoms with van der Waals surface area (Å²) in [6.07, 6.45) is 1.29. The Hall–Kier alpha value is -3.46. The van der Waals surface area contributed by atoms with Crippen molar-refractivity contribution in [3.63, 3.8) is 0 Å². The fourth-order valence-corrected chi connectivity index (χ4v) is 4.50. The first kappa shape index (κ1) is 18.6. The molecule has 3 aromatic carbocycles. The lowest BCUT2D eigenvalue weighted by Gasteiger charge is -2.29. The van der Waals surface area contributed by atoms with Crippen LogP contribution in [0.25, 0.3) is 22.0 Å². The van der Waals surface area contributed by atoms with Crippen LogP contribution in [0.3, 0.4) is 0 Å². The Bertz CT molecular complexity index is 1230. The Morgan fingerprint density at radius 3 is 2.43 bits per heavy atom. The predicted molar refractivity (Wildman–Crippen MR) is 121 cm³/mol. The van der Waals surface area contributed by atoms with Gasteiger partial charge >= 0.3 is 0 Å². The van der Waals surface area contributed by atoms with Crippen LogP contribution in [-0.4, -0.2) is 22.3 Å². The number of benzene rings is 3. The zero-order chi connectivity index (χ0) is 20.5. The maximum absolute atomic E-state index is 13.3. The van der Waals surface area contributed by atoms with Gasteiger partial charge in [-0.3, -0.25) is 9.78 Å². The van der Waals surface area contributed by atoms with Gasteiger partial charge in [-0.05, 0) is 47.2 Å². The molecule has 0 bridgehead atoms. The molecule has 1 aliphatic heterocycles. The summed E-state index contributed by atoms with van der Waals surface area (Å²) in [5.41, 5.74) is 7.80. The van der Waals surface area contributed by atoms with Crippen molar-refractivity contribution in [2.24, 2.45) is 0 Å². The van der Waals surface area contributed by atoms with Gasteiger partial charge in [0.25, 0.3) is 0 Å². The van der Waals surface area contributed by atoms with Crippen molar-refractivity contribution >= 4 is 16.8 Å². The summed E-state index contributed by atoms with van der Waals surface area (Å²) < 4.78 is 0. The van der Waals surface area contributed by atoms with Crippen LogP contribution in [0.4, 0.5) is 0 Å². The number of amides is 1. The van der Waals surface area contributed by atoms with Gasteiger partial charge in [-0.2, -0.15) is 0 Å². The minimum atomic E-state index is 0.168. The molecule has 0 unspecified atom stereocenters. The zero-order valence-corrected chi connectivity index (χ0v) is 17.1. The molecule has 1 aromatic heterocycles. The number of aryl methyl sites for hydroxylation is 1. The molecule has 0 radical (unpaired) electrons. The molecule has 0 fully saturated rings. The van der Waals surface area contributed by atoms with Gasteiger partial charge in [0, 0.05) is 24.2 Å². The molecule has 148 valence electrons. The van der Waals surface area contributed by atoms with Gasteiger partial charge in [0.15, 0.2) is 0 Å². The van der Waals surface area contributed by atoms with Gasteiger partial charge in [0.05, 0.1) is 11.9 Å². The van der Waals surface area contributed by atoms with E-state index in [2.05, 4.69) is 42.5 Å². The maximum Gasteiger partial charge on any atom is 0.227 e. The normalized spacial score (nSPS) is 13.3. The van der Waals surface area contributed by atoms with Crippen LogP contribution in [0.15, 0.2) is 78.9 Å². The summed E-state index contributed by atoms with van der Waals surface area (Å²) in [7, 11) is 0. The second kappa shape index (κ2) is 7.75. The highest BCUT2D eigenvalue weighted by atomic mass is 16.2. The fraction of sp³-hybridized carbons (Fsp3) is 0.185. The van der Waals surface area contributed by atoms with E-state index in [-0.39, 0.29) is 5.91 Å². The second-order valence-electron chi connectivity index (χ2n) is 7.94. The Kier molecular flexibility index (Phi) is 4.80. The molecule has 0 saturated carbocycles. The lowest BCUT2D eigenvalue weighted by atomic mass is 9.92. The van der Waals surface area contributed by atoms with Gasteiger partial charge in [0.2, 0.25) is 5.91 Å². The third-order valence-corrected chi connectivity index (χ3v) is 6.07. The van der Waals surface area contributed by atoms with E-state index in [0.717, 1.165) is 46.3 Å². The molecular formula is C27H24N2O. The Balaban J connectivity index is 1.55. The van der Waals surface area contributed by atoms with Crippen LogP contribution in [0, 0.1) is 6.92 Å². The van der Waals surface area contributed by atoms with E-state index in [4.69, 9.17) is 4.98 Å². The summed E-state index contributed by atoms with van der Waals surface area (Å²) in [5.74, 6) is 0.168.